The van der Waals surface area contributed by atoms with Gasteiger partial charge in [0.25, 0.3) is 0 Å². The first-order valence-electron chi connectivity index (χ1n) is 1.56. The molecule has 6 nitrogen and oxygen atoms in total. The van der Waals surface area contributed by atoms with Crippen LogP contribution in [0.3, 0.4) is 0 Å². The van der Waals surface area contributed by atoms with Gasteiger partial charge in [-0.3, -0.25) is 3.52 Å². The maximum atomic E-state index is 9.60. The molecule has 0 aromatic rings. The summed E-state index contributed by atoms with van der Waals surface area (Å²) in [7, 11) is -7.71. The highest BCUT2D eigenvalue weighted by Crippen LogP contribution is 2.14. The van der Waals surface area contributed by atoms with Gasteiger partial charge in [0.2, 0.25) is 0 Å². The maximum Gasteiger partial charge on any atom is 0.697 e. The second kappa shape index (κ2) is 3.57. The zero-order chi connectivity index (χ0) is 7.49. The van der Waals surface area contributed by atoms with E-state index in [4.69, 9.17) is 9.59 Å². The van der Waals surface area contributed by atoms with Crippen molar-refractivity contribution in [3.8, 4) is 0 Å². The fraction of sp³-hybridized carbons (Fsp3) is 0. The molecule has 0 amide bonds. The zero-order valence-corrected chi connectivity index (χ0v) is 7.33. The molecule has 0 saturated carbocycles. The average molecular weight is 237 g/mol. The van der Waals surface area contributed by atoms with E-state index in [0.717, 1.165) is 0 Å². The van der Waals surface area contributed by atoms with E-state index < -0.39 is 17.0 Å². The van der Waals surface area contributed by atoms with E-state index in [1.54, 1.807) is 0 Å². The van der Waals surface area contributed by atoms with Crippen LogP contribution in [0.5, 0.6) is 0 Å². The van der Waals surface area contributed by atoms with Crippen molar-refractivity contribution in [1.82, 2.24) is 0 Å². The number of rotatable bonds is 3. The van der Waals surface area contributed by atoms with E-state index in [1.807, 2.05) is 0 Å². The maximum absolute atomic E-state index is 9.60. The van der Waals surface area contributed by atoms with Crippen molar-refractivity contribution < 1.29 is 26.5 Å². The Bertz CT molecular complexity index is 141. The predicted molar refractivity (Wildman–Crippen MR) is 29.6 cm³/mol. The van der Waals surface area contributed by atoms with Gasteiger partial charge in [-0.25, -0.2) is 13.3 Å². The standard InChI is InChI=1S/BrH2O6PSi/c1-6-9(4,5)7-8(2)3/h4-5H. The van der Waals surface area contributed by atoms with Crippen LogP contribution >= 0.6 is 24.2 Å². The first kappa shape index (κ1) is 9.44. The summed E-state index contributed by atoms with van der Waals surface area (Å²) in [5.41, 5.74) is 0. The van der Waals surface area contributed by atoms with Crippen LogP contribution in [0.25, 0.3) is 0 Å². The second-order valence-electron chi connectivity index (χ2n) is 0.941. The smallest absolute Gasteiger partial charge is 0.367 e. The molecule has 0 aliphatic carbocycles. The summed E-state index contributed by atoms with van der Waals surface area (Å²) in [5, 5.41) is 0. The third kappa shape index (κ3) is 4.91. The lowest BCUT2D eigenvalue weighted by Crippen LogP contribution is -2.36. The van der Waals surface area contributed by atoms with Gasteiger partial charge in [-0.1, -0.05) is 0 Å². The summed E-state index contributed by atoms with van der Waals surface area (Å²) in [6, 6.07) is 0. The minimum Gasteiger partial charge on any atom is -0.367 e. The van der Waals surface area contributed by atoms with E-state index in [-0.39, 0.29) is 0 Å². The van der Waals surface area contributed by atoms with Gasteiger partial charge in [0.05, 0.1) is 16.3 Å². The van der Waals surface area contributed by atoms with Crippen molar-refractivity contribution in [3.05, 3.63) is 0 Å². The van der Waals surface area contributed by atoms with Crippen LogP contribution < -0.4 is 0 Å². The van der Waals surface area contributed by atoms with Gasteiger partial charge >= 0.3 is 17.0 Å². The lowest BCUT2D eigenvalue weighted by atomic mass is 15.7. The largest absolute Gasteiger partial charge is 0.697 e. The Hall–Kier alpha value is 0.437. The number of hydrogen-bond acceptors (Lipinski definition) is 6. The monoisotopic (exact) mass is 236 g/mol. The molecule has 0 fully saturated rings. The summed E-state index contributed by atoms with van der Waals surface area (Å²) in [6.45, 7) is 0. The summed E-state index contributed by atoms with van der Waals surface area (Å²) in [5.74, 6) is 0. The lowest BCUT2D eigenvalue weighted by molar-refractivity contribution is 0.158. The van der Waals surface area contributed by atoms with Gasteiger partial charge in [0.15, 0.2) is 0 Å². The number of hydrogen-bond donors (Lipinski definition) is 2. The van der Waals surface area contributed by atoms with E-state index in [1.165, 1.54) is 0 Å². The van der Waals surface area contributed by atoms with E-state index >= 15 is 0 Å². The van der Waals surface area contributed by atoms with Crippen LogP contribution in [0.4, 0.5) is 0 Å². The summed E-state index contributed by atoms with van der Waals surface area (Å²) < 4.78 is 26.4. The molecule has 2 N–H and O–H groups in total. The molecule has 0 heterocycles. The van der Waals surface area contributed by atoms with Crippen LogP contribution in [0, 0.1) is 0 Å². The van der Waals surface area contributed by atoms with Gasteiger partial charge < -0.3 is 9.59 Å². The Labute approximate surface area is 60.3 Å². The Morgan fingerprint density at radius 1 is 1.44 bits per heavy atom. The fourth-order valence-corrected chi connectivity index (χ4v) is 1.53. The van der Waals surface area contributed by atoms with E-state index in [2.05, 4.69) is 24.0 Å². The molecule has 0 saturated heterocycles. The van der Waals surface area contributed by atoms with Gasteiger partial charge in [-0.15, -0.1) is 0 Å². The van der Waals surface area contributed by atoms with E-state index in [0.29, 0.717) is 0 Å². The Balaban J connectivity index is 3.86. The molecule has 0 spiro atoms. The molecule has 54 valence electrons. The van der Waals surface area contributed by atoms with Crippen LogP contribution in [-0.4, -0.2) is 18.6 Å². The Morgan fingerprint density at radius 3 is 2.00 bits per heavy atom. The predicted octanol–water partition coefficient (Wildman–Crippen LogP) is -0.162. The lowest BCUT2D eigenvalue weighted by Gasteiger charge is -2.04. The van der Waals surface area contributed by atoms with Crippen molar-refractivity contribution in [2.75, 3.05) is 0 Å². The molecule has 9 heavy (non-hydrogen) atoms. The van der Waals surface area contributed by atoms with Gasteiger partial charge in [0.1, 0.15) is 0 Å². The van der Waals surface area contributed by atoms with Gasteiger partial charge in [-0.2, -0.15) is 0 Å². The summed E-state index contributed by atoms with van der Waals surface area (Å²) in [4.78, 5) is 16.6. The van der Waals surface area contributed by atoms with Crippen molar-refractivity contribution in [3.63, 3.8) is 0 Å². The Morgan fingerprint density at radius 2 is 1.89 bits per heavy atom. The molecule has 0 bridgehead atoms. The van der Waals surface area contributed by atoms with Gasteiger partial charge in [-0.05, 0) is 0 Å². The highest BCUT2D eigenvalue weighted by atomic mass is 79.9. The zero-order valence-electron chi connectivity index (χ0n) is 3.85. The molecule has 0 radical (unpaired) electrons. The molecule has 0 atom stereocenters. The van der Waals surface area contributed by atoms with Crippen LogP contribution in [0.2, 0.25) is 0 Å². The minimum absolute atomic E-state index is 2.17. The van der Waals surface area contributed by atoms with Crippen LogP contribution in [0.1, 0.15) is 0 Å². The average Bonchev–Trinajstić information content (AvgIpc) is 1.63. The van der Waals surface area contributed by atoms with Crippen LogP contribution in [-0.2, 0) is 16.9 Å². The summed E-state index contributed by atoms with van der Waals surface area (Å²) in [6.07, 6.45) is 0. The van der Waals surface area contributed by atoms with Crippen LogP contribution in [0.15, 0.2) is 0 Å². The van der Waals surface area contributed by atoms with E-state index in [9.17, 15) is 9.13 Å². The molecule has 0 aromatic heterocycles. The molecular weight excluding hydrogens is 235 g/mol. The third-order valence-corrected chi connectivity index (χ3v) is 3.31. The van der Waals surface area contributed by atoms with Crippen molar-refractivity contribution in [2.24, 2.45) is 0 Å². The van der Waals surface area contributed by atoms with Crippen molar-refractivity contribution in [2.45, 2.75) is 0 Å². The quantitative estimate of drug-likeness (QED) is 0.523. The minimum atomic E-state index is -4.42. The van der Waals surface area contributed by atoms with Gasteiger partial charge in [0, 0.05) is 0 Å². The van der Waals surface area contributed by atoms with Crippen molar-refractivity contribution >= 4 is 33.2 Å². The Kier molecular flexibility index (Phi) is 3.74. The first-order valence-corrected chi connectivity index (χ1v) is 5.01. The molecule has 0 unspecified atom stereocenters. The second-order valence-corrected chi connectivity index (χ2v) is 4.34. The molecule has 0 rings (SSSR count). The molecular formula is H2BrO6PSi. The molecule has 0 aliphatic heterocycles. The third-order valence-electron chi connectivity index (χ3n) is 0.294. The normalized spacial score (nSPS) is 11.4. The molecule has 9 heteroatoms. The summed E-state index contributed by atoms with van der Waals surface area (Å²) >= 11 is 2.17. The fourth-order valence-electron chi connectivity index (χ4n) is 0.111. The van der Waals surface area contributed by atoms with Crippen molar-refractivity contribution in [1.29, 1.82) is 0 Å². The SMILES string of the molecule is O=P(=O)O[Si](O)(O)OBr. The molecule has 0 aromatic carbocycles. The highest BCUT2D eigenvalue weighted by Gasteiger charge is 2.39. The topological polar surface area (TPSA) is 93.1 Å². The molecule has 0 aliphatic rings. The first-order chi connectivity index (χ1) is 3.98. The highest BCUT2D eigenvalue weighted by molar-refractivity contribution is 9.06. The number of halogens is 1.